The maximum atomic E-state index is 12.8. The average Bonchev–Trinajstić information content (AvgIpc) is 3.09. The summed E-state index contributed by atoms with van der Waals surface area (Å²) in [4.78, 5) is 26.8. The van der Waals surface area contributed by atoms with Crippen LogP contribution in [-0.4, -0.2) is 39.6 Å². The molecule has 2 rings (SSSR count). The van der Waals surface area contributed by atoms with E-state index in [0.717, 1.165) is 30.0 Å². The van der Waals surface area contributed by atoms with Crippen molar-refractivity contribution in [3.63, 3.8) is 0 Å². The van der Waals surface area contributed by atoms with E-state index in [1.165, 1.54) is 4.90 Å². The number of nitrogens with one attached hydrogen (secondary N) is 1. The summed E-state index contributed by atoms with van der Waals surface area (Å²) in [5.41, 5.74) is -0.533. The van der Waals surface area contributed by atoms with Gasteiger partial charge in [-0.2, -0.15) is 18.3 Å². The number of hydrogen-bond acceptors (Lipinski definition) is 3. The Balaban J connectivity index is 2.19. The number of likely N-dealkylation sites (N-methyl/N-ethyl adjacent to an activating group) is 1. The van der Waals surface area contributed by atoms with E-state index in [-0.39, 0.29) is 29.6 Å². The minimum atomic E-state index is -4.48. The summed E-state index contributed by atoms with van der Waals surface area (Å²) in [5.74, 6) is -0.417. The highest BCUT2D eigenvalue weighted by Gasteiger charge is 2.31. The van der Waals surface area contributed by atoms with Crippen molar-refractivity contribution in [3.8, 4) is 0 Å². The second kappa shape index (κ2) is 8.96. The number of carbonyl (C=O) groups is 2. The van der Waals surface area contributed by atoms with Gasteiger partial charge in [-0.25, -0.2) is 4.68 Å². The van der Waals surface area contributed by atoms with Crippen LogP contribution in [0.2, 0.25) is 0 Å². The molecule has 2 amide bonds. The van der Waals surface area contributed by atoms with E-state index < -0.39 is 23.6 Å². The number of amides is 2. The molecule has 0 bridgehead atoms. The highest BCUT2D eigenvalue weighted by atomic mass is 19.4. The van der Waals surface area contributed by atoms with Gasteiger partial charge < -0.3 is 10.2 Å². The summed E-state index contributed by atoms with van der Waals surface area (Å²) in [6.07, 6.45) is -4.48. The Morgan fingerprint density at radius 1 is 1.03 bits per heavy atom. The number of benzene rings is 1. The molecule has 1 aromatic carbocycles. The summed E-state index contributed by atoms with van der Waals surface area (Å²) in [5, 5.41) is 7.47. The highest BCUT2D eigenvalue weighted by Crippen LogP contribution is 2.30. The number of aromatic nitrogens is 2. The molecule has 0 spiro atoms. The van der Waals surface area contributed by atoms with Crippen LogP contribution in [0.5, 0.6) is 0 Å². The summed E-state index contributed by atoms with van der Waals surface area (Å²) in [6, 6.07) is 5.78. The summed E-state index contributed by atoms with van der Waals surface area (Å²) >= 11 is 0. The molecular weight excluding hydrogens is 421 g/mol. The third kappa shape index (κ3) is 6.11. The normalized spacial score (nSPS) is 12.6. The van der Waals surface area contributed by atoms with Crippen LogP contribution in [0.1, 0.15) is 70.1 Å². The SMILES string of the molecule is CCN(CC(=O)Nc1cc(C(C)(C)C)nn1C(C)(C)C)C(=O)c1ccc(C(F)(F)F)cc1. The van der Waals surface area contributed by atoms with Gasteiger partial charge >= 0.3 is 6.18 Å². The second-order valence-corrected chi connectivity index (χ2v) is 9.69. The Hall–Kier alpha value is -2.84. The fourth-order valence-corrected chi connectivity index (χ4v) is 3.02. The molecule has 2 aromatic rings. The first-order valence-electron chi connectivity index (χ1n) is 10.4. The summed E-state index contributed by atoms with van der Waals surface area (Å²) in [6.45, 7) is 13.7. The van der Waals surface area contributed by atoms with Crippen molar-refractivity contribution in [2.45, 2.75) is 65.6 Å². The number of rotatable bonds is 5. The zero-order chi connectivity index (χ0) is 24.5. The molecule has 0 atom stereocenters. The zero-order valence-electron chi connectivity index (χ0n) is 19.6. The Morgan fingerprint density at radius 2 is 1.59 bits per heavy atom. The lowest BCUT2D eigenvalue weighted by molar-refractivity contribution is -0.137. The molecule has 0 unspecified atom stereocenters. The second-order valence-electron chi connectivity index (χ2n) is 9.69. The van der Waals surface area contributed by atoms with Crippen molar-refractivity contribution >= 4 is 17.6 Å². The quantitative estimate of drug-likeness (QED) is 0.690. The highest BCUT2D eigenvalue weighted by molar-refractivity contribution is 5.99. The molecule has 0 saturated carbocycles. The zero-order valence-corrected chi connectivity index (χ0v) is 19.6. The predicted molar refractivity (Wildman–Crippen MR) is 118 cm³/mol. The van der Waals surface area contributed by atoms with Crippen molar-refractivity contribution in [2.24, 2.45) is 0 Å². The van der Waals surface area contributed by atoms with Gasteiger partial charge in [-0.15, -0.1) is 0 Å². The average molecular weight is 453 g/mol. The van der Waals surface area contributed by atoms with Gasteiger partial charge in [0, 0.05) is 23.6 Å². The molecular formula is C23H31F3N4O2. The monoisotopic (exact) mass is 452 g/mol. The van der Waals surface area contributed by atoms with Gasteiger partial charge in [0.1, 0.15) is 12.4 Å². The maximum Gasteiger partial charge on any atom is 0.416 e. The van der Waals surface area contributed by atoms with Gasteiger partial charge in [0.2, 0.25) is 5.91 Å². The van der Waals surface area contributed by atoms with E-state index in [1.807, 2.05) is 47.6 Å². The summed E-state index contributed by atoms with van der Waals surface area (Å²) in [7, 11) is 0. The molecule has 6 nitrogen and oxygen atoms in total. The molecule has 9 heteroatoms. The fourth-order valence-electron chi connectivity index (χ4n) is 3.02. The first kappa shape index (κ1) is 25.4. The van der Waals surface area contributed by atoms with Crippen LogP contribution in [0.15, 0.2) is 30.3 Å². The lowest BCUT2D eigenvalue weighted by Gasteiger charge is -2.24. The largest absolute Gasteiger partial charge is 0.416 e. The van der Waals surface area contributed by atoms with E-state index in [0.29, 0.717) is 5.82 Å². The predicted octanol–water partition coefficient (Wildman–Crippen LogP) is 5.06. The molecule has 1 N–H and O–H groups in total. The summed E-state index contributed by atoms with van der Waals surface area (Å²) < 4.78 is 40.0. The minimum absolute atomic E-state index is 0.0856. The van der Waals surface area contributed by atoms with E-state index in [9.17, 15) is 22.8 Å². The lowest BCUT2D eigenvalue weighted by Crippen LogP contribution is -2.38. The maximum absolute atomic E-state index is 12.8. The number of carbonyl (C=O) groups excluding carboxylic acids is 2. The van der Waals surface area contributed by atoms with Crippen molar-refractivity contribution < 1.29 is 22.8 Å². The lowest BCUT2D eigenvalue weighted by atomic mass is 9.92. The molecule has 32 heavy (non-hydrogen) atoms. The topological polar surface area (TPSA) is 67.2 Å². The minimum Gasteiger partial charge on any atom is -0.330 e. The van der Waals surface area contributed by atoms with Crippen molar-refractivity contribution in [1.82, 2.24) is 14.7 Å². The molecule has 176 valence electrons. The van der Waals surface area contributed by atoms with Crippen LogP contribution >= 0.6 is 0 Å². The van der Waals surface area contributed by atoms with Gasteiger partial charge in [-0.3, -0.25) is 9.59 Å². The van der Waals surface area contributed by atoms with Crippen LogP contribution in [-0.2, 0) is 21.9 Å². The standard InChI is InChI=1S/C23H31F3N4O2/c1-8-29(20(32)15-9-11-16(12-10-15)23(24,25)26)14-19(31)27-18-13-17(21(2,3)4)28-30(18)22(5,6)7/h9-13H,8,14H2,1-7H3,(H,27,31). The molecule has 1 aromatic heterocycles. The van der Waals surface area contributed by atoms with E-state index in [2.05, 4.69) is 10.4 Å². The van der Waals surface area contributed by atoms with Crippen LogP contribution in [0.25, 0.3) is 0 Å². The Kier molecular flexibility index (Phi) is 7.11. The van der Waals surface area contributed by atoms with Gasteiger partial charge in [0.15, 0.2) is 0 Å². The van der Waals surface area contributed by atoms with Gasteiger partial charge in [0.05, 0.1) is 16.8 Å². The fraction of sp³-hybridized carbons (Fsp3) is 0.522. The van der Waals surface area contributed by atoms with Crippen LogP contribution in [0.3, 0.4) is 0 Å². The van der Waals surface area contributed by atoms with Crippen LogP contribution < -0.4 is 5.32 Å². The van der Waals surface area contributed by atoms with Crippen LogP contribution in [0.4, 0.5) is 19.0 Å². The third-order valence-electron chi connectivity index (χ3n) is 4.84. The molecule has 0 aliphatic heterocycles. The van der Waals surface area contributed by atoms with Crippen molar-refractivity contribution in [3.05, 3.63) is 47.2 Å². The van der Waals surface area contributed by atoms with Gasteiger partial charge in [-0.05, 0) is 52.0 Å². The molecule has 0 fully saturated rings. The Morgan fingerprint density at radius 3 is 2.03 bits per heavy atom. The van der Waals surface area contributed by atoms with Crippen LogP contribution in [0, 0.1) is 0 Å². The molecule has 1 heterocycles. The van der Waals surface area contributed by atoms with E-state index >= 15 is 0 Å². The van der Waals surface area contributed by atoms with Crippen molar-refractivity contribution in [1.29, 1.82) is 0 Å². The first-order valence-corrected chi connectivity index (χ1v) is 10.4. The number of hydrogen-bond donors (Lipinski definition) is 1. The molecule has 0 aliphatic carbocycles. The third-order valence-corrected chi connectivity index (χ3v) is 4.84. The smallest absolute Gasteiger partial charge is 0.330 e. The number of nitrogens with zero attached hydrogens (tertiary/aromatic N) is 3. The Bertz CT molecular complexity index is 965. The van der Waals surface area contributed by atoms with E-state index in [1.54, 1.807) is 11.6 Å². The molecule has 0 saturated heterocycles. The molecule has 0 aliphatic rings. The Labute approximate surface area is 186 Å². The number of anilines is 1. The first-order chi connectivity index (χ1) is 14.5. The number of alkyl halides is 3. The van der Waals surface area contributed by atoms with Crippen molar-refractivity contribution in [2.75, 3.05) is 18.4 Å². The number of halogens is 3. The van der Waals surface area contributed by atoms with Gasteiger partial charge in [-0.1, -0.05) is 20.8 Å². The van der Waals surface area contributed by atoms with Gasteiger partial charge in [0.25, 0.3) is 5.91 Å². The molecule has 0 radical (unpaired) electrons. The van der Waals surface area contributed by atoms with E-state index in [4.69, 9.17) is 0 Å².